The van der Waals surface area contributed by atoms with Crippen LogP contribution in [0.25, 0.3) is 0 Å². The molecule has 120 valence electrons. The molecule has 6 heteroatoms. The van der Waals surface area contributed by atoms with Crippen molar-refractivity contribution in [1.82, 2.24) is 9.97 Å². The van der Waals surface area contributed by atoms with Crippen LogP contribution in [0, 0.1) is 0 Å². The summed E-state index contributed by atoms with van der Waals surface area (Å²) in [5.74, 6) is 1.75. The zero-order valence-corrected chi connectivity index (χ0v) is 12.9. The Labute approximate surface area is 131 Å². The molecule has 2 aliphatic heterocycles. The van der Waals surface area contributed by atoms with E-state index >= 15 is 0 Å². The minimum Gasteiger partial charge on any atom is -0.394 e. The van der Waals surface area contributed by atoms with Crippen LogP contribution in [0.1, 0.15) is 25.7 Å². The van der Waals surface area contributed by atoms with Crippen molar-refractivity contribution in [3.8, 4) is 0 Å². The van der Waals surface area contributed by atoms with Gasteiger partial charge in [-0.05, 0) is 25.7 Å². The van der Waals surface area contributed by atoms with E-state index in [0.717, 1.165) is 63.6 Å². The van der Waals surface area contributed by atoms with Gasteiger partial charge >= 0.3 is 0 Å². The molecule has 2 aliphatic rings. The third kappa shape index (κ3) is 3.75. The van der Waals surface area contributed by atoms with E-state index in [1.807, 2.05) is 6.07 Å². The van der Waals surface area contributed by atoms with E-state index in [1.54, 1.807) is 6.33 Å². The lowest BCUT2D eigenvalue weighted by Gasteiger charge is -2.24. The average Bonchev–Trinajstić information content (AvgIpc) is 3.05. The Morgan fingerprint density at radius 3 is 3.18 bits per heavy atom. The van der Waals surface area contributed by atoms with Gasteiger partial charge in [0.2, 0.25) is 0 Å². The Hall–Kier alpha value is -1.66. The Balaban J connectivity index is 1.55. The van der Waals surface area contributed by atoms with E-state index < -0.39 is 0 Å². The van der Waals surface area contributed by atoms with Gasteiger partial charge in [-0.15, -0.1) is 0 Å². The van der Waals surface area contributed by atoms with Crippen molar-refractivity contribution in [3.05, 3.63) is 24.0 Å². The van der Waals surface area contributed by atoms with Crippen molar-refractivity contribution in [2.75, 3.05) is 43.1 Å². The van der Waals surface area contributed by atoms with Gasteiger partial charge in [-0.1, -0.05) is 11.6 Å². The van der Waals surface area contributed by atoms with E-state index in [2.05, 4.69) is 26.3 Å². The summed E-state index contributed by atoms with van der Waals surface area (Å²) in [5.41, 5.74) is 1.45. The summed E-state index contributed by atoms with van der Waals surface area (Å²) in [7, 11) is 0. The number of aliphatic hydroxyl groups excluding tert-OH is 1. The molecule has 0 saturated carbocycles. The van der Waals surface area contributed by atoms with Crippen LogP contribution in [0.3, 0.4) is 0 Å². The van der Waals surface area contributed by atoms with Gasteiger partial charge in [-0.2, -0.15) is 0 Å². The maximum absolute atomic E-state index is 9.44. The van der Waals surface area contributed by atoms with Gasteiger partial charge in [0.15, 0.2) is 0 Å². The molecule has 0 amide bonds. The van der Waals surface area contributed by atoms with Crippen molar-refractivity contribution < 1.29 is 9.84 Å². The van der Waals surface area contributed by atoms with Crippen molar-refractivity contribution in [2.45, 2.75) is 31.7 Å². The molecule has 3 rings (SSSR count). The predicted molar refractivity (Wildman–Crippen MR) is 86.1 cm³/mol. The second-order valence-electron chi connectivity index (χ2n) is 5.80. The van der Waals surface area contributed by atoms with E-state index in [9.17, 15) is 5.11 Å². The maximum atomic E-state index is 9.44. The maximum Gasteiger partial charge on any atom is 0.134 e. The molecule has 22 heavy (non-hydrogen) atoms. The van der Waals surface area contributed by atoms with E-state index in [4.69, 9.17) is 4.74 Å². The Morgan fingerprint density at radius 2 is 2.36 bits per heavy atom. The van der Waals surface area contributed by atoms with Crippen LogP contribution in [0.4, 0.5) is 11.6 Å². The first-order valence-electron chi connectivity index (χ1n) is 8.06. The lowest BCUT2D eigenvalue weighted by Crippen LogP contribution is -2.32. The number of nitrogens with one attached hydrogen (secondary N) is 1. The number of ether oxygens (including phenoxy) is 1. The molecule has 1 saturated heterocycles. The highest BCUT2D eigenvalue weighted by molar-refractivity contribution is 5.49. The summed E-state index contributed by atoms with van der Waals surface area (Å²) in [6.07, 6.45) is 7.95. The molecular weight excluding hydrogens is 280 g/mol. The fourth-order valence-corrected chi connectivity index (χ4v) is 3.07. The minimum atomic E-state index is 0.184. The van der Waals surface area contributed by atoms with Crippen molar-refractivity contribution in [3.63, 3.8) is 0 Å². The highest BCUT2D eigenvalue weighted by atomic mass is 16.5. The molecule has 0 spiro atoms. The average molecular weight is 304 g/mol. The first-order chi connectivity index (χ1) is 10.9. The molecule has 1 unspecified atom stereocenters. The quantitative estimate of drug-likeness (QED) is 0.778. The summed E-state index contributed by atoms with van der Waals surface area (Å²) in [6.45, 7) is 3.58. The summed E-state index contributed by atoms with van der Waals surface area (Å²) in [4.78, 5) is 10.8. The van der Waals surface area contributed by atoms with Crippen LogP contribution in [0.2, 0.25) is 0 Å². The molecule has 2 N–H and O–H groups in total. The Morgan fingerprint density at radius 1 is 1.41 bits per heavy atom. The molecule has 1 aromatic rings. The van der Waals surface area contributed by atoms with Crippen molar-refractivity contribution >= 4 is 11.6 Å². The van der Waals surface area contributed by atoms with E-state index in [-0.39, 0.29) is 12.6 Å². The molecule has 3 heterocycles. The van der Waals surface area contributed by atoms with Gasteiger partial charge in [0.05, 0.1) is 25.9 Å². The SMILES string of the molecule is OCC1CCCN1c1cc(NCCC2=CCOCC2)ncn1. The summed E-state index contributed by atoms with van der Waals surface area (Å²) < 4.78 is 5.31. The van der Waals surface area contributed by atoms with E-state index in [1.165, 1.54) is 5.57 Å². The van der Waals surface area contributed by atoms with Crippen LogP contribution >= 0.6 is 0 Å². The lowest BCUT2D eigenvalue weighted by molar-refractivity contribution is 0.153. The molecule has 1 fully saturated rings. The van der Waals surface area contributed by atoms with Crippen LogP contribution in [0.15, 0.2) is 24.0 Å². The number of aromatic nitrogens is 2. The summed E-state index contributed by atoms with van der Waals surface area (Å²) in [6, 6.07) is 2.17. The van der Waals surface area contributed by atoms with Crippen LogP contribution < -0.4 is 10.2 Å². The fraction of sp³-hybridized carbons (Fsp3) is 0.625. The number of nitrogens with zero attached hydrogens (tertiary/aromatic N) is 3. The third-order valence-corrected chi connectivity index (χ3v) is 4.34. The van der Waals surface area contributed by atoms with Gasteiger partial charge in [-0.3, -0.25) is 0 Å². The number of aliphatic hydroxyl groups is 1. The van der Waals surface area contributed by atoms with Crippen LogP contribution in [0.5, 0.6) is 0 Å². The lowest BCUT2D eigenvalue weighted by atomic mass is 10.1. The zero-order valence-electron chi connectivity index (χ0n) is 12.9. The Kier molecular flexibility index (Phi) is 5.24. The molecule has 6 nitrogen and oxygen atoms in total. The largest absolute Gasteiger partial charge is 0.394 e. The van der Waals surface area contributed by atoms with Crippen LogP contribution in [-0.2, 0) is 4.74 Å². The first kappa shape index (κ1) is 15.2. The molecule has 0 aromatic carbocycles. The highest BCUT2D eigenvalue weighted by Crippen LogP contribution is 2.24. The molecule has 1 atom stereocenters. The normalized spacial score (nSPS) is 21.8. The number of rotatable bonds is 6. The van der Waals surface area contributed by atoms with Gasteiger partial charge in [-0.25, -0.2) is 9.97 Å². The second-order valence-corrected chi connectivity index (χ2v) is 5.80. The van der Waals surface area contributed by atoms with Crippen molar-refractivity contribution in [2.24, 2.45) is 0 Å². The van der Waals surface area contributed by atoms with E-state index in [0.29, 0.717) is 0 Å². The highest BCUT2D eigenvalue weighted by Gasteiger charge is 2.25. The van der Waals surface area contributed by atoms with Gasteiger partial charge < -0.3 is 20.1 Å². The molecule has 1 aromatic heterocycles. The second kappa shape index (κ2) is 7.56. The van der Waals surface area contributed by atoms with Crippen LogP contribution in [-0.4, -0.2) is 54.0 Å². The smallest absolute Gasteiger partial charge is 0.134 e. The van der Waals surface area contributed by atoms with Crippen molar-refractivity contribution in [1.29, 1.82) is 0 Å². The monoisotopic (exact) mass is 304 g/mol. The first-order valence-corrected chi connectivity index (χ1v) is 8.06. The summed E-state index contributed by atoms with van der Waals surface area (Å²) in [5, 5.41) is 12.8. The molecular formula is C16H24N4O2. The number of hydrogen-bond acceptors (Lipinski definition) is 6. The number of hydrogen-bond donors (Lipinski definition) is 2. The van der Waals surface area contributed by atoms with Gasteiger partial charge in [0.25, 0.3) is 0 Å². The molecule has 0 radical (unpaired) electrons. The predicted octanol–water partition coefficient (Wildman–Crippen LogP) is 1.59. The minimum absolute atomic E-state index is 0.184. The standard InChI is InChI=1S/C16H24N4O2/c21-11-14-2-1-7-20(14)16-10-15(18-12-19-16)17-6-3-13-4-8-22-9-5-13/h4,10,12,14,21H,1-3,5-9,11H2,(H,17,18,19). The topological polar surface area (TPSA) is 70.5 Å². The molecule has 0 bridgehead atoms. The van der Waals surface area contributed by atoms with Gasteiger partial charge in [0, 0.05) is 19.2 Å². The zero-order chi connectivity index (χ0) is 15.2. The Bertz CT molecular complexity index is 521. The third-order valence-electron chi connectivity index (χ3n) is 4.34. The molecule has 0 aliphatic carbocycles. The number of anilines is 2. The fourth-order valence-electron chi connectivity index (χ4n) is 3.07. The van der Waals surface area contributed by atoms with Gasteiger partial charge in [0.1, 0.15) is 18.0 Å². The summed E-state index contributed by atoms with van der Waals surface area (Å²) >= 11 is 0.